The van der Waals surface area contributed by atoms with Gasteiger partial charge in [0, 0.05) is 17.1 Å². The number of carboxylic acids is 2. The van der Waals surface area contributed by atoms with Gasteiger partial charge in [0.15, 0.2) is 6.10 Å². The van der Waals surface area contributed by atoms with Crippen molar-refractivity contribution in [1.82, 2.24) is 0 Å². The molecule has 1 unspecified atom stereocenters. The molecule has 0 aliphatic heterocycles. The first-order valence-corrected chi connectivity index (χ1v) is 2.16. The molecule has 0 fully saturated rings. The van der Waals surface area contributed by atoms with Gasteiger partial charge in [-0.1, -0.05) is 0 Å². The van der Waals surface area contributed by atoms with E-state index in [2.05, 4.69) is 0 Å². The molecule has 1 radical (unpaired) electrons. The number of carboxylic acid groups (broad SMARTS) is 2. The molecule has 0 aromatic carbocycles. The largest absolute Gasteiger partial charge is 1.00 e. The van der Waals surface area contributed by atoms with Gasteiger partial charge in [0.2, 0.25) is 0 Å². The molecule has 63 valence electrons. The van der Waals surface area contributed by atoms with Crippen molar-refractivity contribution in [3.05, 3.63) is 0 Å². The van der Waals surface area contributed by atoms with E-state index in [1.165, 1.54) is 0 Å². The van der Waals surface area contributed by atoms with Crippen LogP contribution in [0.4, 0.5) is 0 Å². The van der Waals surface area contributed by atoms with E-state index in [0.717, 1.165) is 0 Å². The summed E-state index contributed by atoms with van der Waals surface area (Å²) in [5.41, 5.74) is 0. The zero-order chi connectivity index (χ0) is 7.44. The van der Waals surface area contributed by atoms with E-state index >= 15 is 0 Å². The zero-order valence-electron chi connectivity index (χ0n) is 8.82. The Hall–Kier alpha value is 2.06. The first-order chi connectivity index (χ1) is 4.04. The standard InChI is InChI=1S/C4H6O5.K.Mn.Na.2H/c5-2(4(8)9)1-3(6)7;;;;;/h2,5H,1H2,(H,6,7)(H,8,9);;;;;/q;+1;;+1;2*-1. The summed E-state index contributed by atoms with van der Waals surface area (Å²) in [4.78, 5) is 19.4. The molecule has 0 saturated heterocycles. The minimum Gasteiger partial charge on any atom is -1.00 e. The molecule has 3 N–H and O–H groups in total. The fourth-order valence-corrected chi connectivity index (χ4v) is 0.253. The van der Waals surface area contributed by atoms with Gasteiger partial charge in [0.25, 0.3) is 0 Å². The second-order valence-electron chi connectivity index (χ2n) is 1.45. The number of hydrogen-bond donors (Lipinski definition) is 3. The quantitative estimate of drug-likeness (QED) is 0.434. The molecule has 8 heteroatoms. The fourth-order valence-electron chi connectivity index (χ4n) is 0.253. The van der Waals surface area contributed by atoms with Crippen LogP contribution >= 0.6 is 0 Å². The van der Waals surface area contributed by atoms with E-state index < -0.39 is 24.5 Å². The van der Waals surface area contributed by atoms with Crippen molar-refractivity contribution in [2.75, 3.05) is 0 Å². The summed E-state index contributed by atoms with van der Waals surface area (Å²) in [6.07, 6.45) is -2.54. The molecule has 0 bridgehead atoms. The first-order valence-electron chi connectivity index (χ1n) is 2.16. The minimum atomic E-state index is -1.79. The first kappa shape index (κ1) is 23.7. The van der Waals surface area contributed by atoms with Crippen molar-refractivity contribution in [2.24, 2.45) is 0 Å². The Bertz CT molecular complexity index is 152. The minimum absolute atomic E-state index is 0. The van der Waals surface area contributed by atoms with Crippen LogP contribution in [0, 0.1) is 0 Å². The summed E-state index contributed by atoms with van der Waals surface area (Å²) in [5, 5.41) is 24.1. The third-order valence-corrected chi connectivity index (χ3v) is 0.653. The van der Waals surface area contributed by atoms with E-state index in [1.807, 2.05) is 0 Å². The Labute approximate surface area is 147 Å². The van der Waals surface area contributed by atoms with E-state index in [4.69, 9.17) is 15.3 Å². The van der Waals surface area contributed by atoms with Crippen LogP contribution in [-0.4, -0.2) is 33.4 Å². The monoisotopic (exact) mass is 253 g/mol. The van der Waals surface area contributed by atoms with Gasteiger partial charge in [0.05, 0.1) is 6.42 Å². The van der Waals surface area contributed by atoms with Gasteiger partial charge in [-0.2, -0.15) is 0 Å². The third-order valence-electron chi connectivity index (χ3n) is 0.653. The Morgan fingerprint density at radius 2 is 1.67 bits per heavy atom. The van der Waals surface area contributed by atoms with Crippen molar-refractivity contribution in [2.45, 2.75) is 12.5 Å². The van der Waals surface area contributed by atoms with Gasteiger partial charge >= 0.3 is 92.9 Å². The summed E-state index contributed by atoms with van der Waals surface area (Å²) in [5.74, 6) is -2.85. The van der Waals surface area contributed by atoms with Crippen molar-refractivity contribution >= 4 is 11.9 Å². The topological polar surface area (TPSA) is 94.8 Å². The molecule has 0 rings (SSSR count). The average molecular weight is 253 g/mol. The van der Waals surface area contributed by atoms with Gasteiger partial charge < -0.3 is 18.2 Å². The molecule has 0 amide bonds. The Morgan fingerprint density at radius 3 is 1.75 bits per heavy atom. The maximum Gasteiger partial charge on any atom is 1.00 e. The number of hydrogen-bond acceptors (Lipinski definition) is 3. The van der Waals surface area contributed by atoms with Crippen molar-refractivity contribution in [3.8, 4) is 0 Å². The van der Waals surface area contributed by atoms with Crippen LogP contribution in [0.25, 0.3) is 0 Å². The second-order valence-corrected chi connectivity index (χ2v) is 1.45. The molecule has 0 spiro atoms. The zero-order valence-corrected chi connectivity index (χ0v) is 13.1. The number of aliphatic hydroxyl groups excluding tert-OH is 1. The SMILES string of the molecule is O=C(O)CC(O)C(=O)O.[H-].[H-].[K+].[Mn].[Na+]. The van der Waals surface area contributed by atoms with Crippen LogP contribution in [0.5, 0.6) is 0 Å². The molecule has 0 saturated carbocycles. The Kier molecular flexibility index (Phi) is 25.8. The maximum absolute atomic E-state index is 9.72. The molecular formula is C4H8KMnNaO5. The average Bonchev–Trinajstić information content (AvgIpc) is 1.63. The molecule has 1 atom stereocenters. The van der Waals surface area contributed by atoms with Crippen LogP contribution in [-0.2, 0) is 26.7 Å². The van der Waals surface area contributed by atoms with E-state index in [-0.39, 0.29) is 101 Å². The number of rotatable bonds is 3. The van der Waals surface area contributed by atoms with Crippen molar-refractivity contribution in [1.29, 1.82) is 0 Å². The molecule has 0 aromatic rings. The third kappa shape index (κ3) is 14.6. The van der Waals surface area contributed by atoms with E-state index in [9.17, 15) is 9.59 Å². The number of aliphatic carboxylic acids is 2. The molecule has 0 heterocycles. The molecule has 5 nitrogen and oxygen atoms in total. The predicted octanol–water partition coefficient (Wildman–Crippen LogP) is -6.86. The molecule has 0 aliphatic carbocycles. The Morgan fingerprint density at radius 1 is 1.33 bits per heavy atom. The van der Waals surface area contributed by atoms with Crippen LogP contribution in [0.3, 0.4) is 0 Å². The fraction of sp³-hybridized carbons (Fsp3) is 0.500. The van der Waals surface area contributed by atoms with Crippen LogP contribution in [0.1, 0.15) is 9.27 Å². The van der Waals surface area contributed by atoms with Crippen LogP contribution in [0.2, 0.25) is 0 Å². The summed E-state index contributed by atoms with van der Waals surface area (Å²) in [6.45, 7) is 0. The van der Waals surface area contributed by atoms with Crippen LogP contribution < -0.4 is 80.9 Å². The van der Waals surface area contributed by atoms with Gasteiger partial charge in [-0.3, -0.25) is 4.79 Å². The normalized spacial score (nSPS) is 9.42. The van der Waals surface area contributed by atoms with Crippen molar-refractivity contribution in [3.63, 3.8) is 0 Å². The molecule has 0 aliphatic rings. The summed E-state index contributed by atoms with van der Waals surface area (Å²) in [7, 11) is 0. The smallest absolute Gasteiger partial charge is 1.00 e. The number of aliphatic hydroxyl groups is 1. The van der Waals surface area contributed by atoms with Gasteiger partial charge in [-0.05, 0) is 0 Å². The van der Waals surface area contributed by atoms with Gasteiger partial charge in [-0.15, -0.1) is 0 Å². The predicted molar refractivity (Wildman–Crippen MR) is 28.1 cm³/mol. The summed E-state index contributed by atoms with van der Waals surface area (Å²) < 4.78 is 0. The maximum atomic E-state index is 9.72. The van der Waals surface area contributed by atoms with E-state index in [0.29, 0.717) is 0 Å². The Balaban J connectivity index is -0.0000000320. The second kappa shape index (κ2) is 13.1. The summed E-state index contributed by atoms with van der Waals surface area (Å²) >= 11 is 0. The van der Waals surface area contributed by atoms with Gasteiger partial charge in [0.1, 0.15) is 0 Å². The molecular weight excluding hydrogens is 245 g/mol. The molecule has 12 heavy (non-hydrogen) atoms. The number of carbonyl (C=O) groups is 2. The van der Waals surface area contributed by atoms with Gasteiger partial charge in [-0.25, -0.2) is 4.79 Å². The van der Waals surface area contributed by atoms with Crippen molar-refractivity contribution < 1.29 is 126 Å². The van der Waals surface area contributed by atoms with E-state index in [1.54, 1.807) is 0 Å². The van der Waals surface area contributed by atoms with Crippen LogP contribution in [0.15, 0.2) is 0 Å². The summed E-state index contributed by atoms with van der Waals surface area (Å²) in [6, 6.07) is 0. The molecule has 0 aromatic heterocycles.